The van der Waals surface area contributed by atoms with E-state index in [0.29, 0.717) is 37.0 Å². The summed E-state index contributed by atoms with van der Waals surface area (Å²) in [6.45, 7) is 2.00. The van der Waals surface area contributed by atoms with Gasteiger partial charge in [0.15, 0.2) is 0 Å². The van der Waals surface area contributed by atoms with Crippen molar-refractivity contribution in [1.29, 1.82) is 0 Å². The molecule has 0 aromatic heterocycles. The number of alkyl halides is 2. The van der Waals surface area contributed by atoms with Crippen LogP contribution in [0.5, 0.6) is 0 Å². The number of nitrogens with zero attached hydrogens (tertiary/aromatic N) is 2. The summed E-state index contributed by atoms with van der Waals surface area (Å²) < 4.78 is 118. The maximum absolute atomic E-state index is 14.2. The first-order chi connectivity index (χ1) is 55.2. The van der Waals surface area contributed by atoms with Gasteiger partial charge in [0.25, 0.3) is 11.6 Å². The topological polar surface area (TPSA) is 502 Å². The van der Waals surface area contributed by atoms with E-state index >= 15 is 0 Å². The molecule has 2 aliphatic rings. The van der Waals surface area contributed by atoms with E-state index in [9.17, 15) is 89.7 Å². The van der Waals surface area contributed by atoms with Crippen LogP contribution < -0.4 is 35.6 Å². The first kappa shape index (κ1) is 111. The van der Waals surface area contributed by atoms with Crippen molar-refractivity contribution in [2.75, 3.05) is 84.7 Å². The number of ether oxygens (including phenoxy) is 6. The standard InChI is InChI=1S/C16H12FNO6S.C16H14FNO4S.C14H10FNO4S.C14H8FNO3S.C8H6FNO4.C4H8O.CH3F.CH3I.CH4O.3CH4.Li.2H2O/c1-23-15(19)9-6-7-13(12(8-9)18(21)22)25-14-10(16(20)24-2)4-3-5-11(14)17;1-21-15(19)9-6-7-13(12(18)8-9)23-14-10(16(20)22-2)4-3-5-11(14)17;15-9-3-1-2-8(14(19)20)12(9)21-11-5-4-7(13(17)18)6-10(11)16;15-9-3-1-2-8-12(9)20-11-5-4-7(14(18)19)6-10(11)16-13(8)17;1-14-8(11)5-2-3-6(9)7(4-5)10(12)13;1-2-4-5-3-1;3*1-2;;;;;;/h3-8H,1-2H3;3-8H,18H2,1-2H3;1-6H,16H2,(H,17,18)(H,19,20);1-6H,(H,16,17)(H,18,19);2-4H,1H3;1-4H2;2*1H3;2H,1H3;3*1H4;;2*1H2/q;;;;;;;;;;;;+1;;/p-1/i;;;;;;2*1D;;;;;;;. The number of nitro benzene ring substituents is 2. The fraction of sp³-hybridized carbons (Fsp3) is 0.192. The van der Waals surface area contributed by atoms with Crippen molar-refractivity contribution in [3.8, 4) is 0 Å². The van der Waals surface area contributed by atoms with Gasteiger partial charge in [0.05, 0.1) is 134 Å². The van der Waals surface area contributed by atoms with Gasteiger partial charge in [-0.15, -0.1) is 0 Å². The van der Waals surface area contributed by atoms with E-state index in [-0.39, 0.29) is 138 Å². The zero-order valence-electron chi connectivity index (χ0n) is 64.2. The van der Waals surface area contributed by atoms with Crippen LogP contribution in [0.4, 0.5) is 54.8 Å². The summed E-state index contributed by atoms with van der Waals surface area (Å²) in [5.41, 5.74) is 11.7. The van der Waals surface area contributed by atoms with Crippen LogP contribution in [0.15, 0.2) is 203 Å². The number of nitrogen functional groups attached to an aromatic ring is 2. The molecule has 1 fully saturated rings. The molecule has 120 heavy (non-hydrogen) atoms. The molecule has 2 aliphatic heterocycles. The summed E-state index contributed by atoms with van der Waals surface area (Å²) in [5.74, 6) is -10.7. The van der Waals surface area contributed by atoms with Gasteiger partial charge in [-0.05, 0) is 145 Å². The molecule has 42 heteroatoms. The summed E-state index contributed by atoms with van der Waals surface area (Å²) in [6.07, 6.45) is 2.56. The second-order valence-corrected chi connectivity index (χ2v) is 25.3. The largest absolute Gasteiger partial charge is 1.00 e. The number of amides is 1. The SMILES string of the molecule is C.C.C.C1CCOC1.CO.COC(=O)c1ccc(F)c([N+](=O)[O-])c1.COC(=O)c1ccc(Sc2c(F)cccc2C(=O)OC)c(N)c1.COC(=O)c1ccc(Sc2c(F)cccc2C(=O)OC)c([N+](=O)[O-])c1.Nc1cc(C(=O)O)ccc1Sc1c(F)cccc1C(=O)O.O.O=C(O)c1ccc2c(c1)NC(=O)c1cccc(F)c1S2.[2H]CF.[2H]CI.[Li+].[OH-]. The third-order valence-corrected chi connectivity index (χ3v) is 18.9. The molecule has 1 saturated heterocycles. The van der Waals surface area contributed by atoms with Gasteiger partial charge in [-0.1, -0.05) is 116 Å². The van der Waals surface area contributed by atoms with Gasteiger partial charge < -0.3 is 76.6 Å². The first-order valence-electron chi connectivity index (χ1n) is 32.8. The average Bonchev–Trinajstić information content (AvgIpc) is 1.54. The Morgan fingerprint density at radius 3 is 1.24 bits per heavy atom. The molecule has 2 heterocycles. The molecule has 1 amide bonds. The molecule has 0 saturated carbocycles. The minimum atomic E-state index is -1.25. The number of carboxylic acid groups (broad SMARTS) is 3. The molecule has 0 aliphatic carbocycles. The van der Waals surface area contributed by atoms with Crippen LogP contribution in [-0.2, 0) is 28.4 Å². The smallest absolute Gasteiger partial charge is 0.870 e. The molecule has 0 unspecified atom stereocenters. The number of nitrogens with two attached hydrogens (primary N) is 2. The van der Waals surface area contributed by atoms with E-state index in [1.807, 2.05) is 22.6 Å². The quantitative estimate of drug-likeness (QED) is 0.00543. The van der Waals surface area contributed by atoms with Crippen molar-refractivity contribution in [3.63, 3.8) is 0 Å². The molecule has 0 atom stereocenters. The minimum Gasteiger partial charge on any atom is -0.870 e. The van der Waals surface area contributed by atoms with Crippen LogP contribution >= 0.6 is 69.6 Å². The summed E-state index contributed by atoms with van der Waals surface area (Å²) in [4.78, 5) is 125. The minimum absolute atomic E-state index is 0. The Bertz CT molecular complexity index is 5030. The van der Waals surface area contributed by atoms with Gasteiger partial charge in [-0.2, -0.15) is 4.39 Å². The number of hydrogen-bond donors (Lipinski definition) is 7. The number of rotatable bonds is 16. The number of hydrogen-bond acceptors (Lipinski definition) is 27. The molecule has 644 valence electrons. The number of benzene rings is 9. The predicted molar refractivity (Wildman–Crippen MR) is 443 cm³/mol. The maximum atomic E-state index is 14.2. The number of nitro groups is 2. The van der Waals surface area contributed by atoms with Crippen LogP contribution in [0.25, 0.3) is 0 Å². The second-order valence-electron chi connectivity index (χ2n) is 21.1. The van der Waals surface area contributed by atoms with Crippen LogP contribution in [-0.4, -0.2) is 163 Å². The van der Waals surface area contributed by atoms with Crippen LogP contribution in [0.3, 0.4) is 0 Å². The van der Waals surface area contributed by atoms with E-state index in [1.54, 1.807) is 12.1 Å². The number of carbonyl (C=O) groups is 9. The first-order valence-corrected chi connectivity index (χ1v) is 36.2. The number of aliphatic hydroxyl groups excluding tert-OH is 1. The average molecular weight is 1870 g/mol. The van der Waals surface area contributed by atoms with Crippen molar-refractivity contribution in [3.05, 3.63) is 263 Å². The monoisotopic (exact) mass is 1870 g/mol. The van der Waals surface area contributed by atoms with Gasteiger partial charge in [-0.25, -0.2) is 55.9 Å². The van der Waals surface area contributed by atoms with Crippen molar-refractivity contribution in [1.82, 2.24) is 0 Å². The van der Waals surface area contributed by atoms with Crippen LogP contribution in [0.1, 0.15) is 131 Å². The number of carbonyl (C=O) groups excluding carboxylic acids is 6. The van der Waals surface area contributed by atoms with E-state index < -0.39 is 111 Å². The summed E-state index contributed by atoms with van der Waals surface area (Å²) in [5, 5.41) is 58.1. The molecule has 30 nitrogen and oxygen atoms in total. The Hall–Kier alpha value is -11.2. The molecular weight excluding hydrogens is 1780 g/mol. The van der Waals surface area contributed by atoms with E-state index in [1.165, 1.54) is 142 Å². The van der Waals surface area contributed by atoms with Crippen LogP contribution in [0, 0.1) is 49.3 Å². The van der Waals surface area contributed by atoms with Gasteiger partial charge in [0.2, 0.25) is 5.82 Å². The van der Waals surface area contributed by atoms with Crippen molar-refractivity contribution in [2.45, 2.75) is 74.3 Å². The zero-order valence-corrected chi connectivity index (χ0v) is 67.6. The number of nitrogens with one attached hydrogen (secondary N) is 1. The molecule has 0 radical (unpaired) electrons. The molecule has 9 aromatic carbocycles. The number of anilines is 3. The van der Waals surface area contributed by atoms with E-state index in [4.69, 9.17) is 39.4 Å². The molecule has 0 spiro atoms. The Morgan fingerprint density at radius 2 is 0.850 bits per heavy atom. The summed E-state index contributed by atoms with van der Waals surface area (Å²) in [7, 11) is 5.93. The van der Waals surface area contributed by atoms with Crippen molar-refractivity contribution in [2.24, 2.45) is 0 Å². The molecule has 12 N–H and O–H groups in total. The number of aliphatic hydroxyl groups is 1. The maximum Gasteiger partial charge on any atom is 1.00 e. The Kier molecular flexibility index (Phi) is 54.1. The number of aromatic carboxylic acids is 3. The Morgan fingerprint density at radius 1 is 0.508 bits per heavy atom. The third kappa shape index (κ3) is 33.5. The number of methoxy groups -OCH3 is 5. The summed E-state index contributed by atoms with van der Waals surface area (Å²) >= 11 is 5.58. The Labute approximate surface area is 729 Å². The number of esters is 5. The summed E-state index contributed by atoms with van der Waals surface area (Å²) in [6, 6.07) is 35.3. The van der Waals surface area contributed by atoms with Gasteiger partial charge in [0, 0.05) is 59.9 Å². The third-order valence-electron chi connectivity index (χ3n) is 14.1. The van der Waals surface area contributed by atoms with E-state index in [0.717, 1.165) is 113 Å². The number of carboxylic acids is 3. The molecule has 0 bridgehead atoms. The normalized spacial score (nSPS) is 10.5. The molecule has 9 aromatic rings. The fourth-order valence-corrected chi connectivity index (χ4v) is 12.8. The van der Waals surface area contributed by atoms with Gasteiger partial charge in [-0.3, -0.25) is 29.4 Å². The van der Waals surface area contributed by atoms with E-state index in [2.05, 4.69) is 29.0 Å². The fourth-order valence-electron chi connectivity index (χ4n) is 8.88. The van der Waals surface area contributed by atoms with Gasteiger partial charge in [0.1, 0.15) is 23.3 Å². The Balaban J connectivity index is -0.000000683. The number of halogens is 7. The van der Waals surface area contributed by atoms with Crippen molar-refractivity contribution < 1.29 is 161 Å². The zero-order chi connectivity index (χ0) is 87.1. The number of fused-ring (bicyclic) bond motifs is 2. The van der Waals surface area contributed by atoms with Crippen molar-refractivity contribution >= 4 is 152 Å². The molecular formula is C78H83F6ILiN5O25S4. The second kappa shape index (κ2) is 58.6. The van der Waals surface area contributed by atoms with Crippen LogP contribution in [0.2, 0.25) is 0 Å². The predicted octanol–water partition coefficient (Wildman–Crippen LogP) is 14.3. The van der Waals surface area contributed by atoms with Gasteiger partial charge >= 0.3 is 72.3 Å². The molecule has 11 rings (SSSR count).